The van der Waals surface area contributed by atoms with Crippen molar-refractivity contribution in [1.82, 2.24) is 5.32 Å². The van der Waals surface area contributed by atoms with Crippen LogP contribution in [-0.4, -0.2) is 19.8 Å². The third-order valence-corrected chi connectivity index (χ3v) is 4.49. The lowest BCUT2D eigenvalue weighted by Crippen LogP contribution is -2.29. The van der Waals surface area contributed by atoms with Crippen molar-refractivity contribution in [2.75, 3.05) is 19.8 Å². The van der Waals surface area contributed by atoms with E-state index in [2.05, 4.69) is 18.3 Å². The first-order valence-electron chi connectivity index (χ1n) is 5.82. The zero-order valence-corrected chi connectivity index (χ0v) is 11.1. The average molecular weight is 260 g/mol. The highest BCUT2D eigenvalue weighted by molar-refractivity contribution is 7.16. The molecule has 2 rings (SSSR count). The highest BCUT2D eigenvalue weighted by Crippen LogP contribution is 2.27. The summed E-state index contributed by atoms with van der Waals surface area (Å²) in [4.78, 5) is 1.32. The highest BCUT2D eigenvalue weighted by atomic mass is 35.5. The van der Waals surface area contributed by atoms with E-state index in [0.29, 0.717) is 6.04 Å². The Hall–Kier alpha value is -0.0900. The first-order valence-corrected chi connectivity index (χ1v) is 7.01. The van der Waals surface area contributed by atoms with Crippen LogP contribution in [-0.2, 0) is 4.74 Å². The number of halogens is 1. The standard InChI is InChI=1S/C12H18ClNOS/c1-9(11-2-3-12(13)16-11)14-8-10-4-6-15-7-5-10/h2-3,9-10,14H,4-8H2,1H3. The molecule has 2 heterocycles. The summed E-state index contributed by atoms with van der Waals surface area (Å²) >= 11 is 7.59. The smallest absolute Gasteiger partial charge is 0.0931 e. The molecule has 1 saturated heterocycles. The lowest BCUT2D eigenvalue weighted by Gasteiger charge is -2.24. The van der Waals surface area contributed by atoms with Crippen molar-refractivity contribution in [2.24, 2.45) is 5.92 Å². The molecule has 0 aromatic carbocycles. The molecule has 1 N–H and O–H groups in total. The molecule has 1 aromatic rings. The van der Waals surface area contributed by atoms with Crippen molar-refractivity contribution in [1.29, 1.82) is 0 Å². The van der Waals surface area contributed by atoms with E-state index < -0.39 is 0 Å². The molecule has 1 unspecified atom stereocenters. The third-order valence-electron chi connectivity index (χ3n) is 3.07. The first kappa shape index (κ1) is 12.4. The van der Waals surface area contributed by atoms with Gasteiger partial charge in [-0.15, -0.1) is 11.3 Å². The Morgan fingerprint density at radius 1 is 1.50 bits per heavy atom. The van der Waals surface area contributed by atoms with Gasteiger partial charge in [0.25, 0.3) is 0 Å². The SMILES string of the molecule is CC(NCC1CCOCC1)c1ccc(Cl)s1. The molecule has 2 nitrogen and oxygen atoms in total. The predicted molar refractivity (Wildman–Crippen MR) is 69.3 cm³/mol. The van der Waals surface area contributed by atoms with Crippen LogP contribution in [0.1, 0.15) is 30.7 Å². The molecular formula is C12H18ClNOS. The van der Waals surface area contributed by atoms with Crippen molar-refractivity contribution in [3.8, 4) is 0 Å². The average Bonchev–Trinajstić information content (AvgIpc) is 2.74. The number of thiophene rings is 1. The minimum atomic E-state index is 0.403. The van der Waals surface area contributed by atoms with Gasteiger partial charge in [0.1, 0.15) is 0 Å². The molecule has 1 aromatic heterocycles. The lowest BCUT2D eigenvalue weighted by molar-refractivity contribution is 0.0656. The fourth-order valence-corrected chi connectivity index (χ4v) is 3.04. The largest absolute Gasteiger partial charge is 0.381 e. The maximum absolute atomic E-state index is 5.93. The maximum Gasteiger partial charge on any atom is 0.0931 e. The van der Waals surface area contributed by atoms with Gasteiger partial charge in [0.05, 0.1) is 4.34 Å². The van der Waals surface area contributed by atoms with Crippen molar-refractivity contribution >= 4 is 22.9 Å². The number of nitrogens with one attached hydrogen (secondary N) is 1. The van der Waals surface area contributed by atoms with Gasteiger partial charge in [-0.2, -0.15) is 0 Å². The molecule has 1 atom stereocenters. The molecule has 4 heteroatoms. The van der Waals surface area contributed by atoms with Crippen LogP contribution in [0.4, 0.5) is 0 Å². The Morgan fingerprint density at radius 3 is 2.88 bits per heavy atom. The molecule has 0 bridgehead atoms. The molecule has 0 aliphatic carbocycles. The Balaban J connectivity index is 1.76. The molecule has 0 amide bonds. The summed E-state index contributed by atoms with van der Waals surface area (Å²) in [6, 6.07) is 4.48. The maximum atomic E-state index is 5.93. The van der Waals surface area contributed by atoms with Crippen molar-refractivity contribution in [2.45, 2.75) is 25.8 Å². The van der Waals surface area contributed by atoms with Crippen LogP contribution in [0.25, 0.3) is 0 Å². The van der Waals surface area contributed by atoms with Gasteiger partial charge in [-0.3, -0.25) is 0 Å². The molecular weight excluding hydrogens is 242 g/mol. The van der Waals surface area contributed by atoms with E-state index in [9.17, 15) is 0 Å². The lowest BCUT2D eigenvalue weighted by atomic mass is 10.00. The Morgan fingerprint density at radius 2 is 2.25 bits per heavy atom. The first-order chi connectivity index (χ1) is 7.75. The summed E-state index contributed by atoms with van der Waals surface area (Å²) < 4.78 is 6.22. The van der Waals surface area contributed by atoms with Crippen molar-refractivity contribution in [3.05, 3.63) is 21.3 Å². The van der Waals surface area contributed by atoms with Crippen LogP contribution < -0.4 is 5.32 Å². The van der Waals surface area contributed by atoms with Gasteiger partial charge in [-0.25, -0.2) is 0 Å². The van der Waals surface area contributed by atoms with Crippen LogP contribution in [0.5, 0.6) is 0 Å². The molecule has 0 radical (unpaired) electrons. The second-order valence-electron chi connectivity index (χ2n) is 4.33. The van der Waals surface area contributed by atoms with E-state index in [4.69, 9.17) is 16.3 Å². The van der Waals surface area contributed by atoms with E-state index in [0.717, 1.165) is 30.0 Å². The van der Waals surface area contributed by atoms with Crippen LogP contribution in [0.15, 0.2) is 12.1 Å². The van der Waals surface area contributed by atoms with E-state index in [-0.39, 0.29) is 0 Å². The van der Waals surface area contributed by atoms with Gasteiger partial charge in [0.15, 0.2) is 0 Å². The Bertz CT molecular complexity index is 323. The molecule has 1 fully saturated rings. The molecule has 1 aliphatic rings. The number of hydrogen-bond donors (Lipinski definition) is 1. The minimum Gasteiger partial charge on any atom is -0.381 e. The van der Waals surface area contributed by atoms with Gasteiger partial charge < -0.3 is 10.1 Å². The second-order valence-corrected chi connectivity index (χ2v) is 6.07. The molecule has 90 valence electrons. The Kier molecular flexibility index (Phi) is 4.65. The van der Waals surface area contributed by atoms with Gasteiger partial charge >= 0.3 is 0 Å². The number of ether oxygens (including phenoxy) is 1. The van der Waals surface area contributed by atoms with E-state index in [1.54, 1.807) is 11.3 Å². The molecule has 16 heavy (non-hydrogen) atoms. The van der Waals surface area contributed by atoms with Crippen LogP contribution in [0.2, 0.25) is 4.34 Å². The Labute approximate surface area is 106 Å². The molecule has 1 aliphatic heterocycles. The topological polar surface area (TPSA) is 21.3 Å². The highest BCUT2D eigenvalue weighted by Gasteiger charge is 2.15. The fourth-order valence-electron chi connectivity index (χ4n) is 1.96. The van der Waals surface area contributed by atoms with Gasteiger partial charge in [0.2, 0.25) is 0 Å². The molecule has 0 saturated carbocycles. The van der Waals surface area contributed by atoms with E-state index in [1.165, 1.54) is 17.7 Å². The second kappa shape index (κ2) is 6.01. The third kappa shape index (κ3) is 3.45. The number of rotatable bonds is 4. The quantitative estimate of drug-likeness (QED) is 0.894. The molecule has 0 spiro atoms. The zero-order chi connectivity index (χ0) is 11.4. The normalized spacial score (nSPS) is 19.9. The summed E-state index contributed by atoms with van der Waals surface area (Å²) in [5.41, 5.74) is 0. The van der Waals surface area contributed by atoms with Crippen LogP contribution >= 0.6 is 22.9 Å². The van der Waals surface area contributed by atoms with Crippen molar-refractivity contribution in [3.63, 3.8) is 0 Å². The van der Waals surface area contributed by atoms with Gasteiger partial charge in [-0.1, -0.05) is 11.6 Å². The van der Waals surface area contributed by atoms with E-state index >= 15 is 0 Å². The minimum absolute atomic E-state index is 0.403. The monoisotopic (exact) mass is 259 g/mol. The van der Waals surface area contributed by atoms with Gasteiger partial charge in [-0.05, 0) is 44.4 Å². The van der Waals surface area contributed by atoms with E-state index in [1.807, 2.05) is 6.07 Å². The fraction of sp³-hybridized carbons (Fsp3) is 0.667. The zero-order valence-electron chi connectivity index (χ0n) is 9.54. The summed E-state index contributed by atoms with van der Waals surface area (Å²) in [7, 11) is 0. The number of hydrogen-bond acceptors (Lipinski definition) is 3. The predicted octanol–water partition coefficient (Wildman–Crippen LogP) is 3.48. The van der Waals surface area contributed by atoms with Crippen LogP contribution in [0, 0.1) is 5.92 Å². The van der Waals surface area contributed by atoms with Gasteiger partial charge in [0, 0.05) is 24.1 Å². The van der Waals surface area contributed by atoms with Crippen molar-refractivity contribution < 1.29 is 4.74 Å². The summed E-state index contributed by atoms with van der Waals surface area (Å²) in [6.07, 6.45) is 2.37. The summed E-state index contributed by atoms with van der Waals surface area (Å²) in [5, 5.41) is 3.58. The summed E-state index contributed by atoms with van der Waals surface area (Å²) in [5.74, 6) is 0.770. The summed E-state index contributed by atoms with van der Waals surface area (Å²) in [6.45, 7) is 5.12. The van der Waals surface area contributed by atoms with Crippen LogP contribution in [0.3, 0.4) is 0 Å².